The van der Waals surface area contributed by atoms with Crippen LogP contribution in [0.3, 0.4) is 0 Å². The summed E-state index contributed by atoms with van der Waals surface area (Å²) in [5.74, 6) is -0.942. The Bertz CT molecular complexity index is 1170. The summed E-state index contributed by atoms with van der Waals surface area (Å²) in [7, 11) is 2.11. The van der Waals surface area contributed by atoms with Crippen molar-refractivity contribution in [2.24, 2.45) is 0 Å². The number of anilines is 1. The van der Waals surface area contributed by atoms with Crippen LogP contribution in [0.25, 0.3) is 0 Å². The number of hydrogen-bond donors (Lipinski definition) is 1. The molecule has 3 aliphatic rings. The summed E-state index contributed by atoms with van der Waals surface area (Å²) in [5, 5.41) is 24.3. The van der Waals surface area contributed by atoms with E-state index in [0.717, 1.165) is 37.4 Å². The van der Waals surface area contributed by atoms with Gasteiger partial charge in [-0.3, -0.25) is 9.59 Å². The third kappa shape index (κ3) is 3.17. The van der Waals surface area contributed by atoms with Crippen LogP contribution < -0.4 is 9.86 Å². The van der Waals surface area contributed by atoms with Crippen LogP contribution in [0.5, 0.6) is 0 Å². The fourth-order valence-corrected chi connectivity index (χ4v) is 4.33. The zero-order valence-electron chi connectivity index (χ0n) is 17.2. The average Bonchev–Trinajstić information content (AvgIpc) is 3.10. The van der Waals surface area contributed by atoms with Crippen LogP contribution in [-0.4, -0.2) is 65.2 Å². The van der Waals surface area contributed by atoms with E-state index in [1.54, 1.807) is 6.08 Å². The van der Waals surface area contributed by atoms with Crippen LogP contribution >= 0.6 is 0 Å². The van der Waals surface area contributed by atoms with Crippen LogP contribution in [0.15, 0.2) is 47.6 Å². The first-order chi connectivity index (χ1) is 14.9. The number of hydrogen-bond acceptors (Lipinski definition) is 7. The van der Waals surface area contributed by atoms with Gasteiger partial charge >= 0.3 is 0 Å². The summed E-state index contributed by atoms with van der Waals surface area (Å²) in [6.45, 7) is 4.08. The third-order valence-electron chi connectivity index (χ3n) is 6.12. The van der Waals surface area contributed by atoms with E-state index in [0.29, 0.717) is 4.96 Å². The zero-order chi connectivity index (χ0) is 21.7. The van der Waals surface area contributed by atoms with Crippen LogP contribution in [0.1, 0.15) is 33.0 Å². The van der Waals surface area contributed by atoms with Crippen molar-refractivity contribution in [3.8, 4) is 0 Å². The monoisotopic (exact) mass is 418 g/mol. The molecule has 1 aliphatic heterocycles. The number of piperazine rings is 1. The number of Topliss-reactive ketones (excluding diaryl/α,β-unsaturated/α-hetero) is 2. The molecular formula is C22H22N6O3. The minimum absolute atomic E-state index is 0.00462. The molecule has 0 unspecified atom stereocenters. The molecule has 1 aromatic heterocycles. The predicted octanol–water partition coefficient (Wildman–Crippen LogP) is 0.972. The summed E-state index contributed by atoms with van der Waals surface area (Å²) in [6.07, 6.45) is 3.45. The Morgan fingerprint density at radius 1 is 1.10 bits per heavy atom. The summed E-state index contributed by atoms with van der Waals surface area (Å²) in [5.41, 5.74) is 2.08. The number of rotatable bonds is 3. The van der Waals surface area contributed by atoms with Crippen molar-refractivity contribution < 1.29 is 14.5 Å². The van der Waals surface area contributed by atoms with Gasteiger partial charge in [0.2, 0.25) is 17.3 Å². The topological polar surface area (TPSA) is 109 Å². The Morgan fingerprint density at radius 2 is 1.81 bits per heavy atom. The molecule has 2 aromatic rings. The Labute approximate surface area is 178 Å². The van der Waals surface area contributed by atoms with E-state index in [1.165, 1.54) is 10.8 Å². The largest absolute Gasteiger partial charge is 0.571 e. The molecule has 2 heterocycles. The fourth-order valence-electron chi connectivity index (χ4n) is 4.33. The number of likely N-dealkylation sites (N-methyl/N-ethyl adjacent to an activating group) is 1. The number of carbonyl (C=O) groups is 2. The molecule has 31 heavy (non-hydrogen) atoms. The smallest absolute Gasteiger partial charge is 0.222 e. The molecule has 1 N–H and O–H groups in total. The molecule has 0 amide bonds. The average molecular weight is 418 g/mol. The maximum atomic E-state index is 13.1. The van der Waals surface area contributed by atoms with Crippen molar-refractivity contribution >= 4 is 23.0 Å². The quantitative estimate of drug-likeness (QED) is 0.588. The van der Waals surface area contributed by atoms with Gasteiger partial charge in [-0.15, -0.1) is 4.68 Å². The van der Waals surface area contributed by atoms with Crippen molar-refractivity contribution in [3.05, 3.63) is 69.7 Å². The molecule has 1 aromatic carbocycles. The number of fused-ring (bicyclic) bond motifs is 1. The lowest BCUT2D eigenvalue weighted by Crippen LogP contribution is -2.44. The van der Waals surface area contributed by atoms with E-state index >= 15 is 0 Å². The number of carbonyl (C=O) groups excluding carboxylic acids is 2. The maximum absolute atomic E-state index is 13.1. The number of ketones is 2. The summed E-state index contributed by atoms with van der Waals surface area (Å²) in [4.78, 5) is 30.9. The van der Waals surface area contributed by atoms with Crippen LogP contribution in [0.4, 0.5) is 5.69 Å². The molecule has 0 radical (unpaired) electrons. The van der Waals surface area contributed by atoms with E-state index < -0.39 is 11.6 Å². The standard InChI is InChI=1S/C22H22N6O3/c1-25-9-11-26(12-10-25)15-7-5-14(6-8-15)13-27-20-19(24-28(27)31)22(30)18-16(21(20)29)3-2-4-17(18)23/h2,4-8,23H,3,9-13H2,1H3. The molecule has 9 nitrogen and oxygen atoms in total. The van der Waals surface area contributed by atoms with Gasteiger partial charge < -0.3 is 20.4 Å². The lowest BCUT2D eigenvalue weighted by Gasteiger charge is -2.34. The first-order valence-corrected chi connectivity index (χ1v) is 10.2. The fraction of sp³-hybridized carbons (Fsp3) is 0.318. The molecule has 9 heteroatoms. The molecular weight excluding hydrogens is 396 g/mol. The van der Waals surface area contributed by atoms with Crippen LogP contribution in [0, 0.1) is 10.6 Å². The van der Waals surface area contributed by atoms with E-state index in [2.05, 4.69) is 21.9 Å². The highest BCUT2D eigenvalue weighted by Crippen LogP contribution is 2.30. The summed E-state index contributed by atoms with van der Waals surface area (Å²) >= 11 is 0. The number of nitrogens with one attached hydrogen (secondary N) is 1. The van der Waals surface area contributed by atoms with Gasteiger partial charge in [-0.25, -0.2) is 0 Å². The Balaban J connectivity index is 1.43. The first-order valence-electron chi connectivity index (χ1n) is 10.2. The highest BCUT2D eigenvalue weighted by atomic mass is 16.5. The third-order valence-corrected chi connectivity index (χ3v) is 6.12. The van der Waals surface area contributed by atoms with Crippen molar-refractivity contribution in [1.29, 1.82) is 5.41 Å². The second kappa shape index (κ2) is 7.28. The van der Waals surface area contributed by atoms with E-state index in [1.807, 2.05) is 24.3 Å². The lowest BCUT2D eigenvalue weighted by atomic mass is 9.83. The molecule has 0 atom stereocenters. The maximum Gasteiger partial charge on any atom is 0.222 e. The minimum atomic E-state index is -0.535. The van der Waals surface area contributed by atoms with Crippen molar-refractivity contribution in [1.82, 2.24) is 14.7 Å². The second-order valence-electron chi connectivity index (χ2n) is 8.10. The van der Waals surface area contributed by atoms with Gasteiger partial charge in [0, 0.05) is 47.5 Å². The van der Waals surface area contributed by atoms with Gasteiger partial charge in [0.15, 0.2) is 5.69 Å². The van der Waals surface area contributed by atoms with Gasteiger partial charge in [-0.05, 0) is 37.2 Å². The minimum Gasteiger partial charge on any atom is -0.571 e. The summed E-state index contributed by atoms with van der Waals surface area (Å²) < 4.78 is 1.20. The van der Waals surface area contributed by atoms with Gasteiger partial charge in [0.05, 0.1) is 11.3 Å². The molecule has 5 rings (SSSR count). The van der Waals surface area contributed by atoms with E-state index in [4.69, 9.17) is 5.41 Å². The van der Waals surface area contributed by atoms with Crippen LogP contribution in [-0.2, 0) is 6.54 Å². The van der Waals surface area contributed by atoms with Crippen LogP contribution in [0.2, 0.25) is 0 Å². The highest BCUT2D eigenvalue weighted by Gasteiger charge is 2.42. The molecule has 0 bridgehead atoms. The van der Waals surface area contributed by atoms with Crippen molar-refractivity contribution in [3.63, 3.8) is 0 Å². The van der Waals surface area contributed by atoms with E-state index in [9.17, 15) is 14.8 Å². The molecule has 2 aliphatic carbocycles. The van der Waals surface area contributed by atoms with Crippen molar-refractivity contribution in [2.75, 3.05) is 38.1 Å². The Morgan fingerprint density at radius 3 is 2.52 bits per heavy atom. The molecule has 1 fully saturated rings. The molecule has 158 valence electrons. The van der Waals surface area contributed by atoms with Gasteiger partial charge in [-0.2, -0.15) is 0 Å². The molecule has 0 saturated carbocycles. The van der Waals surface area contributed by atoms with E-state index in [-0.39, 0.29) is 41.2 Å². The lowest BCUT2D eigenvalue weighted by molar-refractivity contribution is -0.748. The Kier molecular flexibility index (Phi) is 4.55. The predicted molar refractivity (Wildman–Crippen MR) is 114 cm³/mol. The van der Waals surface area contributed by atoms with Gasteiger partial charge in [0.25, 0.3) is 0 Å². The second-order valence-corrected chi connectivity index (χ2v) is 8.10. The highest BCUT2D eigenvalue weighted by molar-refractivity contribution is 6.38. The van der Waals surface area contributed by atoms with Crippen molar-refractivity contribution in [2.45, 2.75) is 13.0 Å². The zero-order valence-corrected chi connectivity index (χ0v) is 17.2. The first kappa shape index (κ1) is 19.4. The van der Waals surface area contributed by atoms with Gasteiger partial charge in [0.1, 0.15) is 6.54 Å². The Hall–Kier alpha value is -3.59. The number of aromatic nitrogens is 3. The molecule has 1 saturated heterocycles. The molecule has 0 spiro atoms. The SMILES string of the molecule is CN1CCN(c2ccc(Cn3c4c(n[n+]3[O-])C(=O)C3=C(CC=CC3=N)C4=O)cc2)CC1. The van der Waals surface area contributed by atoms with Gasteiger partial charge in [-0.1, -0.05) is 18.2 Å². The number of benzene rings is 1. The normalized spacial score (nSPS) is 19.1. The summed E-state index contributed by atoms with van der Waals surface area (Å²) in [6, 6.07) is 7.89. The number of nitrogens with zero attached hydrogens (tertiary/aromatic N) is 5. The number of allylic oxidation sites excluding steroid dienone is 4.